The summed E-state index contributed by atoms with van der Waals surface area (Å²) >= 11 is 1.15. The standard InChI is InChI=1S/C24H17N3O6S/c1-30-15-4-5-16-19(10-15)27(11-13-2-6-17-18(8-13)26-34-25-17)23(33-24(28)29)22(16)14-3-7-20-21(9-14)32-12-31-20/h2-10H,11-12H2,1H3,(H,28,29). The fourth-order valence-corrected chi connectivity index (χ4v) is 4.74. The molecule has 0 saturated heterocycles. The van der Waals surface area contributed by atoms with E-state index in [0.717, 1.165) is 44.8 Å². The van der Waals surface area contributed by atoms with Crippen LogP contribution in [0.15, 0.2) is 54.6 Å². The SMILES string of the molecule is COc1ccc2c(-c3ccc4c(c3)OCO4)c(OC(=O)O)n(Cc3ccc4nsnc4c3)c2c1. The Bertz CT molecular complexity index is 1570. The van der Waals surface area contributed by atoms with E-state index in [1.165, 1.54) is 0 Å². The van der Waals surface area contributed by atoms with Crippen LogP contribution in [0.4, 0.5) is 4.79 Å². The van der Waals surface area contributed by atoms with Crippen LogP contribution in [-0.2, 0) is 6.54 Å². The fraction of sp³-hybridized carbons (Fsp3) is 0.125. The zero-order valence-corrected chi connectivity index (χ0v) is 18.7. The molecule has 0 aliphatic carbocycles. The van der Waals surface area contributed by atoms with Crippen molar-refractivity contribution in [1.29, 1.82) is 0 Å². The van der Waals surface area contributed by atoms with Crippen LogP contribution in [0, 0.1) is 0 Å². The van der Waals surface area contributed by atoms with Crippen molar-refractivity contribution in [2.24, 2.45) is 0 Å². The molecule has 0 radical (unpaired) electrons. The van der Waals surface area contributed by atoms with E-state index in [1.54, 1.807) is 13.2 Å². The van der Waals surface area contributed by atoms with Gasteiger partial charge in [-0.3, -0.25) is 0 Å². The molecule has 10 heteroatoms. The van der Waals surface area contributed by atoms with Crippen LogP contribution in [0.1, 0.15) is 5.56 Å². The van der Waals surface area contributed by atoms with E-state index in [4.69, 9.17) is 18.9 Å². The van der Waals surface area contributed by atoms with E-state index in [1.807, 2.05) is 53.1 Å². The van der Waals surface area contributed by atoms with Gasteiger partial charge in [0.25, 0.3) is 0 Å². The molecule has 1 aliphatic heterocycles. The van der Waals surface area contributed by atoms with Gasteiger partial charge in [0.15, 0.2) is 11.5 Å². The molecule has 1 aliphatic rings. The summed E-state index contributed by atoms with van der Waals surface area (Å²) in [5.74, 6) is 2.07. The van der Waals surface area contributed by atoms with E-state index in [9.17, 15) is 9.90 Å². The van der Waals surface area contributed by atoms with E-state index in [0.29, 0.717) is 29.4 Å². The Labute approximate surface area is 197 Å². The van der Waals surface area contributed by atoms with Crippen molar-refractivity contribution < 1.29 is 28.8 Å². The summed E-state index contributed by atoms with van der Waals surface area (Å²) < 4.78 is 32.2. The number of aromatic nitrogens is 3. The molecule has 0 saturated carbocycles. The van der Waals surface area contributed by atoms with Crippen molar-refractivity contribution in [2.75, 3.05) is 13.9 Å². The molecule has 0 atom stereocenters. The third-order valence-corrected chi connectivity index (χ3v) is 6.28. The van der Waals surface area contributed by atoms with Crippen LogP contribution in [0.5, 0.6) is 23.1 Å². The summed E-state index contributed by atoms with van der Waals surface area (Å²) in [4.78, 5) is 11.8. The topological polar surface area (TPSA) is 105 Å². The lowest BCUT2D eigenvalue weighted by atomic mass is 10.0. The quantitative estimate of drug-likeness (QED) is 0.348. The third kappa shape index (κ3) is 3.35. The first-order chi connectivity index (χ1) is 16.6. The lowest BCUT2D eigenvalue weighted by molar-refractivity contribution is 0.141. The predicted octanol–water partition coefficient (Wildman–Crippen LogP) is 5.16. The smallest absolute Gasteiger partial charge is 0.497 e. The summed E-state index contributed by atoms with van der Waals surface area (Å²) in [5.41, 5.74) is 4.67. The molecule has 6 rings (SSSR count). The molecule has 5 aromatic rings. The molecule has 0 fully saturated rings. The molecule has 1 N–H and O–H groups in total. The molecule has 34 heavy (non-hydrogen) atoms. The highest BCUT2D eigenvalue weighted by molar-refractivity contribution is 7.00. The highest BCUT2D eigenvalue weighted by Crippen LogP contribution is 2.45. The molecule has 9 nitrogen and oxygen atoms in total. The second-order valence-electron chi connectivity index (χ2n) is 7.67. The largest absolute Gasteiger partial charge is 0.512 e. The van der Waals surface area contributed by atoms with Crippen LogP contribution >= 0.6 is 11.7 Å². The predicted molar refractivity (Wildman–Crippen MR) is 125 cm³/mol. The first kappa shape index (κ1) is 20.3. The molecular formula is C24H17N3O6S. The normalized spacial score (nSPS) is 12.4. The van der Waals surface area contributed by atoms with Gasteiger partial charge in [-0.1, -0.05) is 12.1 Å². The fourth-order valence-electron chi connectivity index (χ4n) is 4.22. The van der Waals surface area contributed by atoms with E-state index in [-0.39, 0.29) is 12.7 Å². The van der Waals surface area contributed by atoms with Gasteiger partial charge in [-0.15, -0.1) is 0 Å². The van der Waals surface area contributed by atoms with E-state index in [2.05, 4.69) is 8.75 Å². The Kier molecular flexibility index (Phi) is 4.73. The van der Waals surface area contributed by atoms with Gasteiger partial charge in [0, 0.05) is 11.5 Å². The Morgan fingerprint density at radius 2 is 1.91 bits per heavy atom. The highest BCUT2D eigenvalue weighted by atomic mass is 32.1. The Balaban J connectivity index is 1.59. The van der Waals surface area contributed by atoms with Crippen LogP contribution in [0.25, 0.3) is 33.1 Å². The first-order valence-corrected chi connectivity index (χ1v) is 11.1. The lowest BCUT2D eigenvalue weighted by Crippen LogP contribution is -2.10. The number of rotatable bonds is 5. The lowest BCUT2D eigenvalue weighted by Gasteiger charge is -2.11. The molecule has 3 aromatic carbocycles. The summed E-state index contributed by atoms with van der Waals surface area (Å²) in [5, 5.41) is 10.4. The maximum atomic E-state index is 11.8. The molecular weight excluding hydrogens is 458 g/mol. The van der Waals surface area contributed by atoms with Gasteiger partial charge in [0.1, 0.15) is 16.8 Å². The maximum absolute atomic E-state index is 11.8. The third-order valence-electron chi connectivity index (χ3n) is 5.73. The molecule has 3 heterocycles. The number of carbonyl (C=O) groups is 1. The van der Waals surface area contributed by atoms with Crippen molar-refractivity contribution in [1.82, 2.24) is 13.3 Å². The molecule has 170 valence electrons. The maximum Gasteiger partial charge on any atom is 0.512 e. The number of ether oxygens (including phenoxy) is 4. The zero-order valence-electron chi connectivity index (χ0n) is 17.8. The molecule has 2 aromatic heterocycles. The number of methoxy groups -OCH3 is 1. The second kappa shape index (κ2) is 7.92. The Morgan fingerprint density at radius 3 is 2.76 bits per heavy atom. The summed E-state index contributed by atoms with van der Waals surface area (Å²) in [6, 6.07) is 16.9. The van der Waals surface area contributed by atoms with E-state index < -0.39 is 6.16 Å². The highest BCUT2D eigenvalue weighted by Gasteiger charge is 2.25. The molecule has 0 amide bonds. The number of hydrogen-bond donors (Lipinski definition) is 1. The van der Waals surface area contributed by atoms with Crippen molar-refractivity contribution in [3.63, 3.8) is 0 Å². The zero-order chi connectivity index (χ0) is 23.2. The monoisotopic (exact) mass is 475 g/mol. The van der Waals surface area contributed by atoms with Gasteiger partial charge in [0.2, 0.25) is 12.7 Å². The molecule has 0 spiro atoms. The van der Waals surface area contributed by atoms with Gasteiger partial charge >= 0.3 is 6.16 Å². The minimum absolute atomic E-state index is 0.143. The van der Waals surface area contributed by atoms with Crippen LogP contribution in [0.3, 0.4) is 0 Å². The summed E-state index contributed by atoms with van der Waals surface area (Å²) in [6.07, 6.45) is -1.41. The second-order valence-corrected chi connectivity index (χ2v) is 8.20. The number of nitrogens with zero attached hydrogens (tertiary/aromatic N) is 3. The Hall–Kier alpha value is -4.31. The number of hydrogen-bond acceptors (Lipinski definition) is 8. The number of carboxylic acid groups (broad SMARTS) is 1. The van der Waals surface area contributed by atoms with Gasteiger partial charge in [-0.25, -0.2) is 4.79 Å². The van der Waals surface area contributed by atoms with Crippen LogP contribution < -0.4 is 18.9 Å². The van der Waals surface area contributed by atoms with Crippen molar-refractivity contribution in [3.05, 3.63) is 60.2 Å². The van der Waals surface area contributed by atoms with Crippen LogP contribution in [0.2, 0.25) is 0 Å². The average Bonchev–Trinajstić information content (AvgIpc) is 3.56. The summed E-state index contributed by atoms with van der Waals surface area (Å²) in [7, 11) is 1.59. The van der Waals surface area contributed by atoms with Gasteiger partial charge in [0.05, 0.1) is 36.5 Å². The van der Waals surface area contributed by atoms with Gasteiger partial charge in [-0.05, 0) is 47.5 Å². The minimum Gasteiger partial charge on any atom is -0.497 e. The minimum atomic E-state index is -1.41. The summed E-state index contributed by atoms with van der Waals surface area (Å²) in [6.45, 7) is 0.495. The van der Waals surface area contributed by atoms with Gasteiger partial charge in [-0.2, -0.15) is 8.75 Å². The average molecular weight is 475 g/mol. The molecule has 0 bridgehead atoms. The van der Waals surface area contributed by atoms with E-state index >= 15 is 0 Å². The first-order valence-electron chi connectivity index (χ1n) is 10.3. The number of fused-ring (bicyclic) bond motifs is 3. The molecule has 0 unspecified atom stereocenters. The van der Waals surface area contributed by atoms with Crippen LogP contribution in [-0.4, -0.2) is 38.5 Å². The van der Waals surface area contributed by atoms with Crippen molar-refractivity contribution in [2.45, 2.75) is 6.54 Å². The Morgan fingerprint density at radius 1 is 1.06 bits per heavy atom. The van der Waals surface area contributed by atoms with Gasteiger partial charge < -0.3 is 28.6 Å². The number of benzene rings is 3. The van der Waals surface area contributed by atoms with Crippen molar-refractivity contribution in [3.8, 4) is 34.3 Å². The van der Waals surface area contributed by atoms with Crippen molar-refractivity contribution >= 4 is 39.8 Å².